The zero-order chi connectivity index (χ0) is 19.9. The van der Waals surface area contributed by atoms with Crippen LogP contribution in [0.3, 0.4) is 0 Å². The van der Waals surface area contributed by atoms with Crippen LogP contribution in [0, 0.1) is 12.7 Å². The number of amides is 2. The summed E-state index contributed by atoms with van der Waals surface area (Å²) in [7, 11) is 0. The standard InChI is InChI=1S/C22H21FN2O2S/c1-15-10-11-18(14-20(15)23)25-22(27)16-5-2-6-17(13-16)24-21(26)9-3-7-19-8-4-12-28-19/h2,4-6,8,10-14H,3,7,9H2,1H3,(H,24,26)(H,25,27). The lowest BCUT2D eigenvalue weighted by molar-refractivity contribution is -0.116. The van der Waals surface area contributed by atoms with E-state index in [0.29, 0.717) is 28.9 Å². The lowest BCUT2D eigenvalue weighted by Gasteiger charge is -2.09. The molecule has 0 spiro atoms. The Hall–Kier alpha value is -2.99. The van der Waals surface area contributed by atoms with E-state index in [-0.39, 0.29) is 17.6 Å². The van der Waals surface area contributed by atoms with Gasteiger partial charge in [0.25, 0.3) is 5.91 Å². The third kappa shape index (κ3) is 5.50. The Bertz CT molecular complexity index is 970. The minimum Gasteiger partial charge on any atom is -0.326 e. The second-order valence-electron chi connectivity index (χ2n) is 6.48. The molecule has 2 aromatic carbocycles. The molecule has 1 heterocycles. The van der Waals surface area contributed by atoms with Crippen molar-refractivity contribution in [1.29, 1.82) is 0 Å². The first-order valence-electron chi connectivity index (χ1n) is 9.01. The molecule has 2 N–H and O–H groups in total. The van der Waals surface area contributed by atoms with Crippen LogP contribution in [0.1, 0.15) is 33.6 Å². The SMILES string of the molecule is Cc1ccc(NC(=O)c2cccc(NC(=O)CCCc3cccs3)c2)cc1F. The minimum absolute atomic E-state index is 0.0882. The number of benzene rings is 2. The van der Waals surface area contributed by atoms with Gasteiger partial charge in [-0.25, -0.2) is 4.39 Å². The number of carbonyl (C=O) groups excluding carboxylic acids is 2. The van der Waals surface area contributed by atoms with Crippen LogP contribution in [-0.4, -0.2) is 11.8 Å². The van der Waals surface area contributed by atoms with Crippen LogP contribution in [0.15, 0.2) is 60.0 Å². The van der Waals surface area contributed by atoms with Gasteiger partial charge in [0.1, 0.15) is 5.82 Å². The van der Waals surface area contributed by atoms with E-state index in [1.165, 1.54) is 10.9 Å². The molecule has 6 heteroatoms. The van der Waals surface area contributed by atoms with Gasteiger partial charge in [-0.15, -0.1) is 11.3 Å². The average molecular weight is 396 g/mol. The first-order chi connectivity index (χ1) is 13.5. The molecular formula is C22H21FN2O2S. The number of nitrogens with one attached hydrogen (secondary N) is 2. The molecule has 0 radical (unpaired) electrons. The van der Waals surface area contributed by atoms with Gasteiger partial charge in [0.15, 0.2) is 0 Å². The molecule has 0 aliphatic carbocycles. The number of rotatable bonds is 7. The fourth-order valence-corrected chi connectivity index (χ4v) is 3.46. The Balaban J connectivity index is 1.55. The lowest BCUT2D eigenvalue weighted by atomic mass is 10.1. The number of thiophene rings is 1. The highest BCUT2D eigenvalue weighted by molar-refractivity contribution is 7.09. The van der Waals surface area contributed by atoms with Gasteiger partial charge < -0.3 is 10.6 Å². The van der Waals surface area contributed by atoms with Crippen molar-refractivity contribution in [3.05, 3.63) is 81.8 Å². The maximum Gasteiger partial charge on any atom is 0.255 e. The Morgan fingerprint density at radius 3 is 2.57 bits per heavy atom. The van der Waals surface area contributed by atoms with Crippen molar-refractivity contribution in [3.63, 3.8) is 0 Å². The van der Waals surface area contributed by atoms with Crippen molar-refractivity contribution in [2.75, 3.05) is 10.6 Å². The minimum atomic E-state index is -0.374. The van der Waals surface area contributed by atoms with Gasteiger partial charge in [-0.05, 0) is 67.1 Å². The highest BCUT2D eigenvalue weighted by Crippen LogP contribution is 2.17. The predicted octanol–water partition coefficient (Wildman–Crippen LogP) is 5.41. The predicted molar refractivity (Wildman–Crippen MR) is 111 cm³/mol. The quantitative estimate of drug-likeness (QED) is 0.561. The number of hydrogen-bond acceptors (Lipinski definition) is 3. The average Bonchev–Trinajstić information content (AvgIpc) is 3.18. The summed E-state index contributed by atoms with van der Waals surface area (Å²) in [4.78, 5) is 25.8. The van der Waals surface area contributed by atoms with E-state index in [2.05, 4.69) is 16.7 Å². The zero-order valence-electron chi connectivity index (χ0n) is 15.5. The van der Waals surface area contributed by atoms with Gasteiger partial charge in [0, 0.05) is 28.2 Å². The fraction of sp³-hybridized carbons (Fsp3) is 0.182. The molecule has 0 aliphatic heterocycles. The van der Waals surface area contributed by atoms with Gasteiger partial charge in [-0.2, -0.15) is 0 Å². The van der Waals surface area contributed by atoms with E-state index in [1.54, 1.807) is 54.7 Å². The van der Waals surface area contributed by atoms with Gasteiger partial charge in [0.05, 0.1) is 0 Å². The third-order valence-corrected chi connectivity index (χ3v) is 5.18. The van der Waals surface area contributed by atoms with E-state index >= 15 is 0 Å². The first kappa shape index (κ1) is 19.8. The molecular weight excluding hydrogens is 375 g/mol. The lowest BCUT2D eigenvalue weighted by Crippen LogP contribution is -2.14. The van der Waals surface area contributed by atoms with Crippen LogP contribution in [0.2, 0.25) is 0 Å². The third-order valence-electron chi connectivity index (χ3n) is 4.25. The van der Waals surface area contributed by atoms with Gasteiger partial charge in [-0.1, -0.05) is 18.2 Å². The van der Waals surface area contributed by atoms with Crippen molar-refractivity contribution in [2.45, 2.75) is 26.2 Å². The van der Waals surface area contributed by atoms with Crippen molar-refractivity contribution in [2.24, 2.45) is 0 Å². The highest BCUT2D eigenvalue weighted by Gasteiger charge is 2.10. The van der Waals surface area contributed by atoms with Crippen LogP contribution >= 0.6 is 11.3 Å². The summed E-state index contributed by atoms with van der Waals surface area (Å²) in [5.41, 5.74) is 1.85. The first-order valence-corrected chi connectivity index (χ1v) is 9.89. The molecule has 0 saturated heterocycles. The summed E-state index contributed by atoms with van der Waals surface area (Å²) in [6.07, 6.45) is 2.06. The number of aryl methyl sites for hydroxylation is 2. The molecule has 0 atom stereocenters. The van der Waals surface area contributed by atoms with Crippen molar-refractivity contribution in [1.82, 2.24) is 0 Å². The van der Waals surface area contributed by atoms with Crippen molar-refractivity contribution >= 4 is 34.5 Å². The Morgan fingerprint density at radius 1 is 1.00 bits per heavy atom. The molecule has 0 aliphatic rings. The van der Waals surface area contributed by atoms with E-state index in [9.17, 15) is 14.0 Å². The topological polar surface area (TPSA) is 58.2 Å². The van der Waals surface area contributed by atoms with Crippen LogP contribution in [-0.2, 0) is 11.2 Å². The van der Waals surface area contributed by atoms with E-state index in [0.717, 1.165) is 12.8 Å². The number of hydrogen-bond donors (Lipinski definition) is 2. The Morgan fingerprint density at radius 2 is 1.82 bits per heavy atom. The summed E-state index contributed by atoms with van der Waals surface area (Å²) >= 11 is 1.69. The monoisotopic (exact) mass is 396 g/mol. The van der Waals surface area contributed by atoms with Gasteiger partial charge in [-0.3, -0.25) is 9.59 Å². The van der Waals surface area contributed by atoms with Crippen molar-refractivity contribution in [3.8, 4) is 0 Å². The molecule has 1 aromatic heterocycles. The number of anilines is 2. The van der Waals surface area contributed by atoms with E-state index in [1.807, 2.05) is 11.4 Å². The Labute approximate surface area is 167 Å². The van der Waals surface area contributed by atoms with Gasteiger partial charge >= 0.3 is 0 Å². The summed E-state index contributed by atoms with van der Waals surface area (Å²) in [5.74, 6) is -0.826. The molecule has 28 heavy (non-hydrogen) atoms. The molecule has 0 fully saturated rings. The Kier molecular flexibility index (Phi) is 6.55. The second-order valence-corrected chi connectivity index (χ2v) is 7.51. The molecule has 0 saturated carbocycles. The number of carbonyl (C=O) groups is 2. The van der Waals surface area contributed by atoms with E-state index in [4.69, 9.17) is 0 Å². The summed E-state index contributed by atoms with van der Waals surface area (Å²) in [5, 5.41) is 7.51. The van der Waals surface area contributed by atoms with Crippen LogP contribution in [0.4, 0.5) is 15.8 Å². The fourth-order valence-electron chi connectivity index (χ4n) is 2.71. The molecule has 3 aromatic rings. The highest BCUT2D eigenvalue weighted by atomic mass is 32.1. The smallest absolute Gasteiger partial charge is 0.255 e. The second kappa shape index (κ2) is 9.28. The molecule has 0 bridgehead atoms. The molecule has 4 nitrogen and oxygen atoms in total. The summed E-state index contributed by atoms with van der Waals surface area (Å²) < 4.78 is 13.6. The largest absolute Gasteiger partial charge is 0.326 e. The zero-order valence-corrected chi connectivity index (χ0v) is 16.3. The maximum absolute atomic E-state index is 13.6. The summed E-state index contributed by atoms with van der Waals surface area (Å²) in [6.45, 7) is 1.66. The molecule has 144 valence electrons. The molecule has 2 amide bonds. The van der Waals surface area contributed by atoms with Crippen LogP contribution in [0.25, 0.3) is 0 Å². The summed E-state index contributed by atoms with van der Waals surface area (Å²) in [6, 6.07) is 15.3. The number of halogens is 1. The normalized spacial score (nSPS) is 10.5. The van der Waals surface area contributed by atoms with Gasteiger partial charge in [0.2, 0.25) is 5.91 Å². The van der Waals surface area contributed by atoms with Crippen LogP contribution in [0.5, 0.6) is 0 Å². The van der Waals surface area contributed by atoms with Crippen molar-refractivity contribution < 1.29 is 14.0 Å². The van der Waals surface area contributed by atoms with E-state index < -0.39 is 0 Å². The molecule has 3 rings (SSSR count). The van der Waals surface area contributed by atoms with Crippen LogP contribution < -0.4 is 10.6 Å². The maximum atomic E-state index is 13.6. The molecule has 0 unspecified atom stereocenters.